The van der Waals surface area contributed by atoms with Gasteiger partial charge in [0.05, 0.1) is 6.04 Å². The number of amides is 4. The van der Waals surface area contributed by atoms with Gasteiger partial charge >= 0.3 is 18.2 Å². The Kier molecular flexibility index (Phi) is 9.83. The second-order valence-corrected chi connectivity index (χ2v) is 9.03. The molecule has 10 nitrogen and oxygen atoms in total. The fraction of sp³-hybridized carbons (Fsp3) is 0.762. The number of Topliss-reactive ketones (excluding diaryl/α,β-unsaturated/α-hetero) is 1. The van der Waals surface area contributed by atoms with Gasteiger partial charge in [-0.1, -0.05) is 13.8 Å². The van der Waals surface area contributed by atoms with Gasteiger partial charge in [0.25, 0.3) is 0 Å². The molecule has 2 fully saturated rings. The van der Waals surface area contributed by atoms with Crippen LogP contribution in [0.5, 0.6) is 0 Å². The van der Waals surface area contributed by atoms with E-state index in [1.807, 2.05) is 0 Å². The van der Waals surface area contributed by atoms with E-state index in [2.05, 4.69) is 26.0 Å². The number of hydrogen-bond acceptors (Lipinski definition) is 6. The molecular weight excluding hydrogens is 461 g/mol. The second-order valence-electron chi connectivity index (χ2n) is 9.03. The summed E-state index contributed by atoms with van der Waals surface area (Å²) < 4.78 is 40.8. The molecule has 192 valence electrons. The third kappa shape index (κ3) is 8.92. The zero-order chi connectivity index (χ0) is 25.5. The van der Waals surface area contributed by atoms with Gasteiger partial charge in [-0.3, -0.25) is 28.7 Å². The van der Waals surface area contributed by atoms with E-state index in [4.69, 9.17) is 0 Å². The summed E-state index contributed by atoms with van der Waals surface area (Å²) in [5.74, 6) is -4.97. The molecule has 0 spiro atoms. The molecule has 1 saturated carbocycles. The lowest BCUT2D eigenvalue weighted by atomic mass is 9.93. The topological polar surface area (TPSA) is 143 Å². The highest BCUT2D eigenvalue weighted by Gasteiger charge is 2.36. The van der Waals surface area contributed by atoms with Gasteiger partial charge in [-0.05, 0) is 44.4 Å². The number of carbonyl (C=O) groups is 5. The van der Waals surface area contributed by atoms with Crippen molar-refractivity contribution in [2.45, 2.75) is 76.9 Å². The van der Waals surface area contributed by atoms with Crippen LogP contribution >= 0.6 is 0 Å². The van der Waals surface area contributed by atoms with Crippen LogP contribution in [0, 0.1) is 11.8 Å². The van der Waals surface area contributed by atoms with Gasteiger partial charge in [0.1, 0.15) is 12.6 Å². The molecule has 2 rings (SSSR count). The van der Waals surface area contributed by atoms with Crippen LogP contribution in [-0.4, -0.2) is 67.1 Å². The lowest BCUT2D eigenvalue weighted by molar-refractivity contribution is -0.321. The van der Waals surface area contributed by atoms with Crippen molar-refractivity contribution in [2.75, 3.05) is 13.2 Å². The highest BCUT2D eigenvalue weighted by molar-refractivity contribution is 6.35. The molecule has 1 aliphatic carbocycles. The van der Waals surface area contributed by atoms with E-state index in [0.717, 1.165) is 19.3 Å². The van der Waals surface area contributed by atoms with Crippen molar-refractivity contribution in [1.29, 1.82) is 0 Å². The van der Waals surface area contributed by atoms with Gasteiger partial charge in [-0.25, -0.2) is 0 Å². The highest BCUT2D eigenvalue weighted by Crippen LogP contribution is 2.20. The zero-order valence-electron chi connectivity index (χ0n) is 19.1. The van der Waals surface area contributed by atoms with E-state index >= 15 is 0 Å². The number of nitrogens with one attached hydrogen (secondary N) is 4. The van der Waals surface area contributed by atoms with Gasteiger partial charge in [-0.15, -0.1) is 13.2 Å². The maximum absolute atomic E-state index is 12.9. The third-order valence-corrected chi connectivity index (χ3v) is 5.74. The second kappa shape index (κ2) is 12.1. The van der Waals surface area contributed by atoms with Crippen LogP contribution in [0.1, 0.15) is 52.4 Å². The van der Waals surface area contributed by atoms with E-state index in [1.165, 1.54) is 0 Å². The summed E-state index contributed by atoms with van der Waals surface area (Å²) in [4.78, 5) is 61.7. The predicted molar refractivity (Wildman–Crippen MR) is 112 cm³/mol. The zero-order valence-corrected chi connectivity index (χ0v) is 19.1. The van der Waals surface area contributed by atoms with Crippen molar-refractivity contribution < 1.29 is 41.9 Å². The van der Waals surface area contributed by atoms with Crippen LogP contribution in [0.25, 0.3) is 0 Å². The SMILES string of the molecule is CC(C)C[C@H](NC(=O)C(=O)NC1CCC1)C(=O)N[C@@H](C[C@@H]1CCNC1=O)C(=O)COC(F)(F)F. The monoisotopic (exact) mass is 492 g/mol. The highest BCUT2D eigenvalue weighted by atomic mass is 19.4. The van der Waals surface area contributed by atoms with Crippen LogP contribution in [-0.2, 0) is 28.7 Å². The van der Waals surface area contributed by atoms with Crippen molar-refractivity contribution in [3.8, 4) is 0 Å². The fourth-order valence-electron chi connectivity index (χ4n) is 3.68. The number of rotatable bonds is 11. The maximum atomic E-state index is 12.9. The van der Waals surface area contributed by atoms with Crippen molar-refractivity contribution >= 4 is 29.4 Å². The van der Waals surface area contributed by atoms with Gasteiger partial charge < -0.3 is 21.3 Å². The quantitative estimate of drug-likeness (QED) is 0.306. The fourth-order valence-corrected chi connectivity index (χ4v) is 3.68. The molecule has 4 amide bonds. The third-order valence-electron chi connectivity index (χ3n) is 5.74. The molecule has 4 N–H and O–H groups in total. The van der Waals surface area contributed by atoms with Crippen LogP contribution < -0.4 is 21.3 Å². The molecule has 0 aromatic heterocycles. The molecule has 0 aromatic rings. The lowest BCUT2D eigenvalue weighted by Gasteiger charge is -2.27. The minimum absolute atomic E-state index is 0.0937. The van der Waals surface area contributed by atoms with E-state index in [0.29, 0.717) is 13.0 Å². The average Bonchev–Trinajstić information content (AvgIpc) is 3.11. The van der Waals surface area contributed by atoms with Crippen LogP contribution in [0.4, 0.5) is 13.2 Å². The first-order valence-corrected chi connectivity index (χ1v) is 11.3. The summed E-state index contributed by atoms with van der Waals surface area (Å²) in [5.41, 5.74) is 0. The average molecular weight is 492 g/mol. The summed E-state index contributed by atoms with van der Waals surface area (Å²) in [7, 11) is 0. The molecule has 3 atom stereocenters. The Morgan fingerprint density at radius 1 is 1.06 bits per heavy atom. The summed E-state index contributed by atoms with van der Waals surface area (Å²) in [6.45, 7) is 2.54. The summed E-state index contributed by atoms with van der Waals surface area (Å²) in [6, 6.07) is -2.75. The van der Waals surface area contributed by atoms with E-state index in [-0.39, 0.29) is 30.7 Å². The summed E-state index contributed by atoms with van der Waals surface area (Å²) in [6.07, 6.45) is -2.35. The maximum Gasteiger partial charge on any atom is 0.522 e. The molecule has 0 radical (unpaired) electrons. The molecule has 2 aliphatic rings. The first-order chi connectivity index (χ1) is 15.9. The number of ether oxygens (including phenoxy) is 1. The number of ketones is 1. The van der Waals surface area contributed by atoms with E-state index < -0.39 is 54.5 Å². The lowest BCUT2D eigenvalue weighted by Crippen LogP contribution is -2.56. The molecule has 13 heteroatoms. The Bertz CT molecular complexity index is 785. The molecule has 0 aromatic carbocycles. The first kappa shape index (κ1) is 27.5. The molecule has 1 aliphatic heterocycles. The van der Waals surface area contributed by atoms with Crippen molar-refractivity contribution in [3.05, 3.63) is 0 Å². The predicted octanol–water partition coefficient (Wildman–Crippen LogP) is 0.303. The van der Waals surface area contributed by atoms with Crippen LogP contribution in [0.15, 0.2) is 0 Å². The van der Waals surface area contributed by atoms with Gasteiger partial charge in [0.15, 0.2) is 5.78 Å². The smallest absolute Gasteiger partial charge is 0.356 e. The Hall–Kier alpha value is -2.70. The molecule has 0 unspecified atom stereocenters. The number of hydrogen-bond donors (Lipinski definition) is 4. The standard InChI is InChI=1S/C21H31F3N4O6/c1-11(2)8-15(28-20(33)19(32)26-13-4-3-5-13)18(31)27-14(9-12-6-7-25-17(12)30)16(29)10-34-21(22,23)24/h11-15H,3-10H2,1-2H3,(H,25,30)(H,26,32)(H,27,31)(H,28,33)/t12-,14-,15-/m0/s1. The van der Waals surface area contributed by atoms with E-state index in [1.54, 1.807) is 13.8 Å². The largest absolute Gasteiger partial charge is 0.522 e. The molecular formula is C21H31F3N4O6. The Morgan fingerprint density at radius 3 is 2.24 bits per heavy atom. The minimum Gasteiger partial charge on any atom is -0.356 e. The molecule has 34 heavy (non-hydrogen) atoms. The molecule has 1 heterocycles. The van der Waals surface area contributed by atoms with Gasteiger partial charge in [0.2, 0.25) is 11.8 Å². The number of halogens is 3. The van der Waals surface area contributed by atoms with Crippen molar-refractivity contribution in [3.63, 3.8) is 0 Å². The first-order valence-electron chi connectivity index (χ1n) is 11.3. The number of alkyl halides is 3. The molecule has 0 bridgehead atoms. The van der Waals surface area contributed by atoms with Crippen LogP contribution in [0.3, 0.4) is 0 Å². The van der Waals surface area contributed by atoms with Crippen molar-refractivity contribution in [2.24, 2.45) is 11.8 Å². The van der Waals surface area contributed by atoms with Gasteiger partial charge in [-0.2, -0.15) is 0 Å². The number of carbonyl (C=O) groups excluding carboxylic acids is 5. The summed E-state index contributed by atoms with van der Waals surface area (Å²) in [5, 5.41) is 9.80. The Balaban J connectivity index is 2.07. The minimum atomic E-state index is -5.04. The summed E-state index contributed by atoms with van der Waals surface area (Å²) >= 11 is 0. The molecule has 1 saturated heterocycles. The van der Waals surface area contributed by atoms with Gasteiger partial charge in [0, 0.05) is 18.5 Å². The Labute approximate surface area is 195 Å². The van der Waals surface area contributed by atoms with E-state index in [9.17, 15) is 37.1 Å². The normalized spacial score (nSPS) is 20.2. The van der Waals surface area contributed by atoms with Crippen molar-refractivity contribution in [1.82, 2.24) is 21.3 Å². The Morgan fingerprint density at radius 2 is 1.74 bits per heavy atom. The van der Waals surface area contributed by atoms with Crippen LogP contribution in [0.2, 0.25) is 0 Å².